The quantitative estimate of drug-likeness (QED) is 0.191. The third-order valence-corrected chi connectivity index (χ3v) is 7.28. The fraction of sp³-hybridized carbons (Fsp3) is 0. The molecule has 0 aromatic heterocycles. The Morgan fingerprint density at radius 2 is 0.833 bits per heavy atom. The van der Waals surface area contributed by atoms with Gasteiger partial charge in [-0.15, -0.1) is 0 Å². The van der Waals surface area contributed by atoms with E-state index >= 15 is 0 Å². The summed E-state index contributed by atoms with van der Waals surface area (Å²) in [5.74, 6) is -0.579. The number of phenols is 1. The Labute approximate surface area is 192 Å². The van der Waals surface area contributed by atoms with Gasteiger partial charge in [-0.1, -0.05) is 18.2 Å². The summed E-state index contributed by atoms with van der Waals surface area (Å²) in [5, 5.41) is 9.54. The van der Waals surface area contributed by atoms with Crippen molar-refractivity contribution in [1.29, 1.82) is 0 Å². The molecular formula is C16H10NaO10S3. The maximum atomic E-state index is 11.8. The van der Waals surface area contributed by atoms with Crippen molar-refractivity contribution in [3.8, 4) is 5.75 Å². The Balaban J connectivity index is 0.00000256. The number of phenolic OH excluding ortho intramolecular Hbond substituents is 1. The van der Waals surface area contributed by atoms with Gasteiger partial charge in [0.05, 0.1) is 0 Å². The van der Waals surface area contributed by atoms with Gasteiger partial charge in [0.1, 0.15) is 20.4 Å². The van der Waals surface area contributed by atoms with E-state index in [1.807, 2.05) is 0 Å². The summed E-state index contributed by atoms with van der Waals surface area (Å²) in [7, 11) is -14.8. The van der Waals surface area contributed by atoms with Gasteiger partial charge in [-0.05, 0) is 12.1 Å². The van der Waals surface area contributed by atoms with E-state index in [-0.39, 0.29) is 61.9 Å². The van der Waals surface area contributed by atoms with Gasteiger partial charge >= 0.3 is 0 Å². The molecule has 0 unspecified atom stereocenters. The van der Waals surface area contributed by atoms with Gasteiger partial charge in [0.15, 0.2) is 0 Å². The minimum absolute atomic E-state index is 0. The summed E-state index contributed by atoms with van der Waals surface area (Å²) in [5.41, 5.74) is 0. The molecule has 4 rings (SSSR count). The maximum Gasteiger partial charge on any atom is 0.295 e. The molecule has 4 aromatic carbocycles. The average molecular weight is 481 g/mol. The molecule has 0 saturated carbocycles. The molecule has 30 heavy (non-hydrogen) atoms. The number of hydrogen-bond donors (Lipinski definition) is 4. The largest absolute Gasteiger partial charge is 0.507 e. The summed E-state index contributed by atoms with van der Waals surface area (Å²) in [6.07, 6.45) is 0. The fourth-order valence-corrected chi connectivity index (χ4v) is 5.73. The van der Waals surface area contributed by atoms with Gasteiger partial charge in [-0.25, -0.2) is 0 Å². The van der Waals surface area contributed by atoms with Crippen LogP contribution in [0.1, 0.15) is 0 Å². The second-order valence-electron chi connectivity index (χ2n) is 6.26. The zero-order chi connectivity index (χ0) is 21.5. The molecule has 0 fully saturated rings. The van der Waals surface area contributed by atoms with E-state index in [1.54, 1.807) is 0 Å². The van der Waals surface area contributed by atoms with Crippen molar-refractivity contribution in [2.45, 2.75) is 14.7 Å². The Bertz CT molecular complexity index is 1620. The van der Waals surface area contributed by atoms with Crippen LogP contribution in [0.3, 0.4) is 0 Å². The number of rotatable bonds is 3. The van der Waals surface area contributed by atoms with Crippen LogP contribution in [0.25, 0.3) is 32.3 Å². The molecule has 0 spiro atoms. The first-order valence-electron chi connectivity index (χ1n) is 7.61. The molecule has 0 saturated heterocycles. The first kappa shape index (κ1) is 23.1. The first-order valence-corrected chi connectivity index (χ1v) is 11.9. The second-order valence-corrected chi connectivity index (χ2v) is 10.4. The van der Waals surface area contributed by atoms with Crippen LogP contribution >= 0.6 is 0 Å². The van der Waals surface area contributed by atoms with Gasteiger partial charge in [0.2, 0.25) is 0 Å². The smallest absolute Gasteiger partial charge is 0.295 e. The van der Waals surface area contributed by atoms with Crippen molar-refractivity contribution < 1.29 is 44.0 Å². The Kier molecular flexibility index (Phi) is 5.38. The van der Waals surface area contributed by atoms with Gasteiger partial charge in [0, 0.05) is 67.9 Å². The van der Waals surface area contributed by atoms with E-state index in [1.165, 1.54) is 12.1 Å². The van der Waals surface area contributed by atoms with Crippen molar-refractivity contribution in [1.82, 2.24) is 0 Å². The van der Waals surface area contributed by atoms with E-state index < -0.39 is 50.8 Å². The standard InChI is InChI=1S/C16H10O10S3.Na/c17-11-5-12(27(18,19)20)8-3-4-10-14(29(24,25)26)6-13(28(21,22)23)9-2-1-7(11)15(8)16(9)10;/h1-6,17H,(H,18,19,20)(H,21,22,23)(H,24,25,26);. The van der Waals surface area contributed by atoms with E-state index in [4.69, 9.17) is 0 Å². The zero-order valence-electron chi connectivity index (χ0n) is 14.9. The van der Waals surface area contributed by atoms with Crippen LogP contribution in [0.4, 0.5) is 0 Å². The molecule has 0 aliphatic heterocycles. The van der Waals surface area contributed by atoms with Crippen molar-refractivity contribution in [3.63, 3.8) is 0 Å². The molecular weight excluding hydrogens is 471 g/mol. The topological polar surface area (TPSA) is 183 Å². The normalized spacial score (nSPS) is 13.2. The van der Waals surface area contributed by atoms with Crippen LogP contribution < -0.4 is 0 Å². The third-order valence-electron chi connectivity index (χ3n) is 4.60. The number of aromatic hydroxyl groups is 1. The molecule has 1 radical (unpaired) electrons. The molecule has 0 bridgehead atoms. The predicted octanol–water partition coefficient (Wildman–Crippen LogP) is 1.65. The van der Waals surface area contributed by atoms with Crippen molar-refractivity contribution in [2.24, 2.45) is 0 Å². The predicted molar refractivity (Wildman–Crippen MR) is 107 cm³/mol. The van der Waals surface area contributed by atoms with E-state index in [9.17, 15) is 44.0 Å². The molecule has 0 aliphatic carbocycles. The molecule has 4 aromatic rings. The minimum atomic E-state index is -4.96. The van der Waals surface area contributed by atoms with Crippen molar-refractivity contribution in [3.05, 3.63) is 36.4 Å². The molecule has 0 heterocycles. The molecule has 10 nitrogen and oxygen atoms in total. The number of benzene rings is 4. The van der Waals surface area contributed by atoms with Crippen LogP contribution in [-0.4, -0.2) is 73.6 Å². The number of hydrogen-bond acceptors (Lipinski definition) is 7. The molecule has 0 amide bonds. The SMILES string of the molecule is O=S(=O)(O)c1cc(O)c2ccc3c(S(=O)(=O)O)cc(S(=O)(=O)O)c4ccc1c2c34.[Na]. The van der Waals surface area contributed by atoms with E-state index in [2.05, 4.69) is 0 Å². The average Bonchev–Trinajstić information content (AvgIpc) is 2.57. The molecule has 4 N–H and O–H groups in total. The first-order chi connectivity index (χ1) is 13.2. The van der Waals surface area contributed by atoms with Crippen LogP contribution in [0, 0.1) is 0 Å². The summed E-state index contributed by atoms with van der Waals surface area (Å²) in [4.78, 5) is -2.38. The summed E-state index contributed by atoms with van der Waals surface area (Å²) in [6, 6.07) is 6.07. The molecule has 0 aliphatic rings. The van der Waals surface area contributed by atoms with Crippen LogP contribution in [0.5, 0.6) is 5.75 Å². The van der Waals surface area contributed by atoms with E-state index in [0.717, 1.165) is 18.2 Å². The maximum absolute atomic E-state index is 11.8. The van der Waals surface area contributed by atoms with Crippen LogP contribution in [-0.2, 0) is 30.4 Å². The fourth-order valence-electron chi connectivity index (χ4n) is 3.52. The molecule has 153 valence electrons. The third kappa shape index (κ3) is 3.45. The molecule has 0 atom stereocenters. The summed E-state index contributed by atoms with van der Waals surface area (Å²) in [6.45, 7) is 0. The van der Waals surface area contributed by atoms with E-state index in [0.29, 0.717) is 6.07 Å². The van der Waals surface area contributed by atoms with Crippen LogP contribution in [0.15, 0.2) is 51.1 Å². The summed E-state index contributed by atoms with van der Waals surface area (Å²) >= 11 is 0. The van der Waals surface area contributed by atoms with Crippen LogP contribution in [0.2, 0.25) is 0 Å². The Hall–Kier alpha value is -1.55. The Morgan fingerprint density at radius 3 is 1.20 bits per heavy atom. The summed E-state index contributed by atoms with van der Waals surface area (Å²) < 4.78 is 99.5. The van der Waals surface area contributed by atoms with Gasteiger partial charge in [-0.2, -0.15) is 25.3 Å². The van der Waals surface area contributed by atoms with Gasteiger partial charge in [-0.3, -0.25) is 13.7 Å². The van der Waals surface area contributed by atoms with Gasteiger partial charge in [0.25, 0.3) is 30.4 Å². The minimum Gasteiger partial charge on any atom is -0.507 e. The monoisotopic (exact) mass is 481 g/mol. The second kappa shape index (κ2) is 6.98. The van der Waals surface area contributed by atoms with Gasteiger partial charge < -0.3 is 5.11 Å². The van der Waals surface area contributed by atoms with Crippen molar-refractivity contribution >= 4 is 92.2 Å². The molecule has 14 heteroatoms. The van der Waals surface area contributed by atoms with Crippen molar-refractivity contribution in [2.75, 3.05) is 0 Å². The Morgan fingerprint density at radius 1 is 0.533 bits per heavy atom. The zero-order valence-corrected chi connectivity index (χ0v) is 19.4.